The van der Waals surface area contributed by atoms with Crippen molar-refractivity contribution in [2.24, 2.45) is 5.92 Å². The SMILES string of the molecule is C=C(C)c1ccc(C)cc1-c1c(O)cc(CCCCC)cc1OC(=O)C(=O)Oc1cc(CCCCC)cc2c1[C@@H]1C=C(C)CC[C@H]1C(C)(C)O2. The summed E-state index contributed by atoms with van der Waals surface area (Å²) in [7, 11) is 0. The highest BCUT2D eigenvalue weighted by Gasteiger charge is 2.46. The number of hydrogen-bond donors (Lipinski definition) is 1. The predicted octanol–water partition coefficient (Wildman–Crippen LogP) is 11.0. The topological polar surface area (TPSA) is 82.1 Å². The molecule has 1 aliphatic heterocycles. The van der Waals surface area contributed by atoms with E-state index in [4.69, 9.17) is 14.2 Å². The summed E-state index contributed by atoms with van der Waals surface area (Å²) in [5.41, 5.74) is 7.08. The third kappa shape index (κ3) is 8.17. The van der Waals surface area contributed by atoms with Crippen LogP contribution in [-0.2, 0) is 22.4 Å². The first-order valence-electron chi connectivity index (χ1n) is 18.4. The number of hydrogen-bond acceptors (Lipinski definition) is 6. The normalized spacial score (nSPS) is 17.5. The van der Waals surface area contributed by atoms with Gasteiger partial charge in [-0.25, -0.2) is 9.59 Å². The van der Waals surface area contributed by atoms with Crippen molar-refractivity contribution in [2.45, 2.75) is 124 Å². The number of allylic oxidation sites excluding steroid dienone is 3. The smallest absolute Gasteiger partial charge is 0.423 e. The Labute approximate surface area is 298 Å². The van der Waals surface area contributed by atoms with Gasteiger partial charge in [0.25, 0.3) is 0 Å². The number of phenolic OH excluding ortho intramolecular Hbond substituents is 1. The minimum atomic E-state index is -1.16. The first-order chi connectivity index (χ1) is 23.8. The van der Waals surface area contributed by atoms with Gasteiger partial charge in [0.05, 0.1) is 5.56 Å². The Balaban J connectivity index is 1.53. The van der Waals surface area contributed by atoms with Crippen molar-refractivity contribution in [3.05, 3.63) is 88.5 Å². The van der Waals surface area contributed by atoms with E-state index in [2.05, 4.69) is 53.3 Å². The fraction of sp³-hybridized carbons (Fsp3) is 0.455. The van der Waals surface area contributed by atoms with Crippen LogP contribution in [0.1, 0.15) is 127 Å². The summed E-state index contributed by atoms with van der Waals surface area (Å²) in [5, 5.41) is 11.4. The third-order valence-electron chi connectivity index (χ3n) is 10.3. The number of ether oxygens (including phenoxy) is 3. The van der Waals surface area contributed by atoms with Gasteiger partial charge < -0.3 is 19.3 Å². The van der Waals surface area contributed by atoms with Gasteiger partial charge in [-0.05, 0) is 120 Å². The minimum absolute atomic E-state index is 0.0174. The lowest BCUT2D eigenvalue weighted by atomic mass is 9.68. The number of fused-ring (bicyclic) bond motifs is 3. The second kappa shape index (κ2) is 15.7. The molecule has 6 heteroatoms. The molecule has 0 unspecified atom stereocenters. The Hall–Kier alpha value is -4.32. The number of esters is 2. The Bertz CT molecular complexity index is 1790. The first kappa shape index (κ1) is 36.9. The van der Waals surface area contributed by atoms with E-state index in [0.29, 0.717) is 29.0 Å². The van der Waals surface area contributed by atoms with E-state index in [0.717, 1.165) is 91.2 Å². The summed E-state index contributed by atoms with van der Waals surface area (Å²) in [4.78, 5) is 27.5. The van der Waals surface area contributed by atoms with Gasteiger partial charge in [0.1, 0.15) is 28.6 Å². The molecule has 0 radical (unpaired) electrons. The van der Waals surface area contributed by atoms with Crippen molar-refractivity contribution < 1.29 is 28.9 Å². The molecule has 5 rings (SSSR count). The number of carbonyl (C=O) groups excluding carboxylic acids is 2. The van der Waals surface area contributed by atoms with Gasteiger partial charge in [-0.2, -0.15) is 0 Å². The van der Waals surface area contributed by atoms with Gasteiger partial charge in [-0.3, -0.25) is 0 Å². The monoisotopic (exact) mass is 678 g/mol. The minimum Gasteiger partial charge on any atom is -0.507 e. The number of benzene rings is 3. The third-order valence-corrected chi connectivity index (χ3v) is 10.3. The van der Waals surface area contributed by atoms with Crippen molar-refractivity contribution in [3.8, 4) is 34.1 Å². The van der Waals surface area contributed by atoms with Crippen molar-refractivity contribution in [1.29, 1.82) is 0 Å². The zero-order chi connectivity index (χ0) is 36.2. The Morgan fingerprint density at radius 1 is 0.900 bits per heavy atom. The van der Waals surface area contributed by atoms with Crippen LogP contribution >= 0.6 is 0 Å². The van der Waals surface area contributed by atoms with Crippen molar-refractivity contribution in [3.63, 3.8) is 0 Å². The van der Waals surface area contributed by atoms with Crippen molar-refractivity contribution >= 4 is 17.5 Å². The molecule has 0 fully saturated rings. The van der Waals surface area contributed by atoms with E-state index in [1.807, 2.05) is 38.1 Å². The second-order valence-corrected chi connectivity index (χ2v) is 14.9. The maximum Gasteiger partial charge on any atom is 0.423 e. The molecular formula is C44H54O6. The molecular weight excluding hydrogens is 624 g/mol. The van der Waals surface area contributed by atoms with Crippen molar-refractivity contribution in [2.75, 3.05) is 0 Å². The Kier molecular flexibility index (Phi) is 11.6. The van der Waals surface area contributed by atoms with Crippen LogP contribution in [0.25, 0.3) is 16.7 Å². The molecule has 0 saturated heterocycles. The van der Waals surface area contributed by atoms with Crippen LogP contribution in [0.5, 0.6) is 23.0 Å². The summed E-state index contributed by atoms with van der Waals surface area (Å²) in [6, 6.07) is 13.3. The zero-order valence-electron chi connectivity index (χ0n) is 31.0. The largest absolute Gasteiger partial charge is 0.507 e. The van der Waals surface area contributed by atoms with E-state index >= 15 is 0 Å². The molecule has 1 N–H and O–H groups in total. The summed E-state index contributed by atoms with van der Waals surface area (Å²) in [6.07, 6.45) is 11.9. The van der Waals surface area contributed by atoms with E-state index < -0.39 is 17.5 Å². The van der Waals surface area contributed by atoms with Crippen LogP contribution in [0.3, 0.4) is 0 Å². The first-order valence-corrected chi connectivity index (χ1v) is 18.4. The highest BCUT2D eigenvalue weighted by molar-refractivity contribution is 6.31. The number of unbranched alkanes of at least 4 members (excludes halogenated alkanes) is 4. The molecule has 3 aromatic carbocycles. The lowest BCUT2D eigenvalue weighted by molar-refractivity contribution is -0.156. The highest BCUT2D eigenvalue weighted by Crippen LogP contribution is 2.54. The molecule has 0 aromatic heterocycles. The van der Waals surface area contributed by atoms with Crippen LogP contribution in [0.4, 0.5) is 0 Å². The van der Waals surface area contributed by atoms with Gasteiger partial charge in [0, 0.05) is 17.4 Å². The maximum atomic E-state index is 13.8. The van der Waals surface area contributed by atoms with Gasteiger partial charge >= 0.3 is 11.9 Å². The van der Waals surface area contributed by atoms with Crippen LogP contribution < -0.4 is 14.2 Å². The number of carbonyl (C=O) groups is 2. The van der Waals surface area contributed by atoms with Gasteiger partial charge in [0.2, 0.25) is 0 Å². The van der Waals surface area contributed by atoms with Crippen LogP contribution in [0.2, 0.25) is 0 Å². The molecule has 6 nitrogen and oxygen atoms in total. The summed E-state index contributed by atoms with van der Waals surface area (Å²) in [5.74, 6) is -0.987. The molecule has 2 aliphatic rings. The van der Waals surface area contributed by atoms with Crippen LogP contribution in [-0.4, -0.2) is 22.6 Å². The standard InChI is InChI=1S/C44H54O6/c1-9-11-13-15-30-23-36(45)40(33-21-28(5)17-19-32(33)27(3)4)37(24-30)48-42(46)43(47)49-38-25-31(16-14-12-10-2)26-39-41(38)34-22-29(6)18-20-35(34)44(7,8)50-39/h17,19,21-26,34-35,45H,3,9-16,18,20H2,1-2,4-8H3/t34-,35-/m1/s1. The molecule has 0 spiro atoms. The van der Waals surface area contributed by atoms with Crippen molar-refractivity contribution in [1.82, 2.24) is 0 Å². The summed E-state index contributed by atoms with van der Waals surface area (Å²) >= 11 is 0. The molecule has 50 heavy (non-hydrogen) atoms. The average Bonchev–Trinajstić information content (AvgIpc) is 3.04. The van der Waals surface area contributed by atoms with E-state index in [-0.39, 0.29) is 23.3 Å². The summed E-state index contributed by atoms with van der Waals surface area (Å²) < 4.78 is 18.6. The van der Waals surface area contributed by atoms with Gasteiger partial charge in [-0.1, -0.05) is 87.1 Å². The lowest BCUT2D eigenvalue weighted by Crippen LogP contribution is -2.45. The van der Waals surface area contributed by atoms with Gasteiger partial charge in [-0.15, -0.1) is 0 Å². The highest BCUT2D eigenvalue weighted by atomic mass is 16.6. The Morgan fingerprint density at radius 3 is 2.16 bits per heavy atom. The predicted molar refractivity (Wildman–Crippen MR) is 201 cm³/mol. The average molecular weight is 679 g/mol. The molecule has 1 aliphatic carbocycles. The number of aryl methyl sites for hydroxylation is 3. The lowest BCUT2D eigenvalue weighted by Gasteiger charge is -2.46. The molecule has 0 bridgehead atoms. The molecule has 0 amide bonds. The molecule has 266 valence electrons. The van der Waals surface area contributed by atoms with Crippen LogP contribution in [0.15, 0.2) is 60.7 Å². The quantitative estimate of drug-likeness (QED) is 0.0675. The van der Waals surface area contributed by atoms with Gasteiger partial charge in [0.15, 0.2) is 0 Å². The van der Waals surface area contributed by atoms with E-state index in [1.54, 1.807) is 12.1 Å². The molecule has 1 heterocycles. The molecule has 2 atom stereocenters. The second-order valence-electron chi connectivity index (χ2n) is 14.9. The number of aromatic hydroxyl groups is 1. The molecule has 3 aromatic rings. The maximum absolute atomic E-state index is 13.8. The number of rotatable bonds is 12. The summed E-state index contributed by atoms with van der Waals surface area (Å²) in [6.45, 7) is 18.7. The van der Waals surface area contributed by atoms with E-state index in [1.165, 1.54) is 5.57 Å². The Morgan fingerprint density at radius 2 is 1.52 bits per heavy atom. The zero-order valence-corrected chi connectivity index (χ0v) is 31.0. The fourth-order valence-corrected chi connectivity index (χ4v) is 7.62. The fourth-order valence-electron chi connectivity index (χ4n) is 7.62. The van der Waals surface area contributed by atoms with Crippen LogP contribution in [0, 0.1) is 12.8 Å². The number of phenols is 1. The molecule has 0 saturated carbocycles. The van der Waals surface area contributed by atoms with E-state index in [9.17, 15) is 14.7 Å².